The predicted molar refractivity (Wildman–Crippen MR) is 99.1 cm³/mol. The summed E-state index contributed by atoms with van der Waals surface area (Å²) >= 11 is 3.69. The number of rotatable bonds is 3. The van der Waals surface area contributed by atoms with Crippen molar-refractivity contribution in [1.82, 2.24) is 4.90 Å². The van der Waals surface area contributed by atoms with Crippen LogP contribution in [0.5, 0.6) is 11.5 Å². The second-order valence-corrected chi connectivity index (χ2v) is 6.53. The highest BCUT2D eigenvalue weighted by molar-refractivity contribution is 9.10. The van der Waals surface area contributed by atoms with E-state index in [4.69, 9.17) is 9.47 Å². The molecule has 1 aliphatic heterocycles. The number of benzene rings is 2. The molecule has 2 aromatic carbocycles. The third kappa shape index (κ3) is 3.49. The molecule has 0 aliphatic carbocycles. The van der Waals surface area contributed by atoms with Crippen LogP contribution in [-0.4, -0.2) is 32.7 Å². The topological polar surface area (TPSA) is 21.7 Å². The molecule has 23 heavy (non-hydrogen) atoms. The van der Waals surface area contributed by atoms with Gasteiger partial charge in [0.25, 0.3) is 0 Å². The van der Waals surface area contributed by atoms with Crippen LogP contribution in [0.1, 0.15) is 22.6 Å². The minimum absolute atomic E-state index is 0. The number of hydrogen-bond donors (Lipinski definition) is 0. The number of hydrogen-bond acceptors (Lipinski definition) is 3. The zero-order valence-corrected chi connectivity index (χ0v) is 15.9. The van der Waals surface area contributed by atoms with Gasteiger partial charge in [0.15, 0.2) is 11.5 Å². The molecule has 0 aromatic heterocycles. The summed E-state index contributed by atoms with van der Waals surface area (Å²) in [4.78, 5) is 2.36. The van der Waals surface area contributed by atoms with Crippen LogP contribution in [0, 0.1) is 0 Å². The average molecular weight is 399 g/mol. The molecule has 1 unspecified atom stereocenters. The molecule has 3 nitrogen and oxygen atoms in total. The fraction of sp³-hybridized carbons (Fsp3) is 0.333. The summed E-state index contributed by atoms with van der Waals surface area (Å²) in [5.41, 5.74) is 4.01. The lowest BCUT2D eigenvalue weighted by Gasteiger charge is -2.33. The summed E-state index contributed by atoms with van der Waals surface area (Å²) in [6.07, 6.45) is 0. The molecule has 0 bridgehead atoms. The van der Waals surface area contributed by atoms with Crippen molar-refractivity contribution in [2.24, 2.45) is 0 Å². The zero-order valence-electron chi connectivity index (χ0n) is 13.5. The first kappa shape index (κ1) is 18.1. The Morgan fingerprint density at radius 2 is 1.83 bits per heavy atom. The molecule has 1 atom stereocenters. The Bertz CT molecular complexity index is 693. The van der Waals surface area contributed by atoms with Crippen molar-refractivity contribution in [3.8, 4) is 11.5 Å². The van der Waals surface area contributed by atoms with Crippen LogP contribution in [0.4, 0.5) is 0 Å². The van der Waals surface area contributed by atoms with Crippen molar-refractivity contribution < 1.29 is 9.47 Å². The van der Waals surface area contributed by atoms with Gasteiger partial charge >= 0.3 is 0 Å². The SMILES string of the molecule is COc1ccc(C2CN(C)Cc3c(Br)cccc32)cc1OC.Cl. The number of methoxy groups -OCH3 is 2. The maximum absolute atomic E-state index is 5.46. The molecule has 1 aliphatic rings. The lowest BCUT2D eigenvalue weighted by molar-refractivity contribution is 0.293. The van der Waals surface area contributed by atoms with Gasteiger partial charge in [0.2, 0.25) is 0 Å². The van der Waals surface area contributed by atoms with Crippen LogP contribution in [0.3, 0.4) is 0 Å². The van der Waals surface area contributed by atoms with Crippen LogP contribution < -0.4 is 9.47 Å². The van der Waals surface area contributed by atoms with E-state index in [1.807, 2.05) is 6.07 Å². The third-order valence-corrected chi connectivity index (χ3v) is 5.01. The Kier molecular flexibility index (Phi) is 5.95. The molecule has 0 saturated carbocycles. The molecule has 0 fully saturated rings. The molecular formula is C18H21BrClNO2. The monoisotopic (exact) mass is 397 g/mol. The highest BCUT2D eigenvalue weighted by Crippen LogP contribution is 2.39. The molecule has 0 N–H and O–H groups in total. The highest BCUT2D eigenvalue weighted by Gasteiger charge is 2.26. The molecule has 0 saturated heterocycles. The Morgan fingerprint density at radius 3 is 2.52 bits per heavy atom. The van der Waals surface area contributed by atoms with Crippen LogP contribution in [0.2, 0.25) is 0 Å². The number of fused-ring (bicyclic) bond motifs is 1. The van der Waals surface area contributed by atoms with E-state index in [0.29, 0.717) is 5.92 Å². The van der Waals surface area contributed by atoms with E-state index in [9.17, 15) is 0 Å². The van der Waals surface area contributed by atoms with E-state index in [1.54, 1.807) is 14.2 Å². The zero-order chi connectivity index (χ0) is 15.7. The highest BCUT2D eigenvalue weighted by atomic mass is 79.9. The first-order valence-electron chi connectivity index (χ1n) is 7.31. The van der Waals surface area contributed by atoms with E-state index in [1.165, 1.54) is 21.2 Å². The van der Waals surface area contributed by atoms with Crippen molar-refractivity contribution >= 4 is 28.3 Å². The fourth-order valence-corrected chi connectivity index (χ4v) is 3.67. The molecule has 0 radical (unpaired) electrons. The third-order valence-electron chi connectivity index (χ3n) is 4.26. The summed E-state index contributed by atoms with van der Waals surface area (Å²) < 4.78 is 12.0. The van der Waals surface area contributed by atoms with Crippen molar-refractivity contribution in [1.29, 1.82) is 0 Å². The number of likely N-dealkylation sites (N-methyl/N-ethyl adjacent to an activating group) is 1. The van der Waals surface area contributed by atoms with Gasteiger partial charge in [-0.1, -0.05) is 34.1 Å². The molecule has 5 heteroatoms. The standard InChI is InChI=1S/C18H20BrNO2.ClH/c1-20-10-14(13-5-4-6-16(19)15(13)11-20)12-7-8-17(21-2)18(9-12)22-3;/h4-9,14H,10-11H2,1-3H3;1H. The molecule has 0 amide bonds. The number of ether oxygens (including phenoxy) is 2. The maximum atomic E-state index is 5.46. The Balaban J connectivity index is 0.00000192. The smallest absolute Gasteiger partial charge is 0.161 e. The minimum atomic E-state index is 0. The van der Waals surface area contributed by atoms with E-state index in [2.05, 4.69) is 58.2 Å². The Labute approximate surface area is 152 Å². The van der Waals surface area contributed by atoms with Crippen molar-refractivity contribution in [3.05, 3.63) is 57.6 Å². The summed E-state index contributed by atoms with van der Waals surface area (Å²) in [5, 5.41) is 0. The number of halogens is 2. The van der Waals surface area contributed by atoms with Gasteiger partial charge in [-0.05, 0) is 41.9 Å². The van der Waals surface area contributed by atoms with Crippen LogP contribution in [-0.2, 0) is 6.54 Å². The second kappa shape index (κ2) is 7.56. The van der Waals surface area contributed by atoms with Gasteiger partial charge in [0.1, 0.15) is 0 Å². The van der Waals surface area contributed by atoms with Crippen molar-refractivity contribution in [3.63, 3.8) is 0 Å². The second-order valence-electron chi connectivity index (χ2n) is 5.67. The molecule has 124 valence electrons. The average Bonchev–Trinajstić information content (AvgIpc) is 2.54. The van der Waals surface area contributed by atoms with Gasteiger partial charge in [-0.15, -0.1) is 12.4 Å². The predicted octanol–water partition coefficient (Wildman–Crippen LogP) is 4.47. The van der Waals surface area contributed by atoms with E-state index >= 15 is 0 Å². The quantitative estimate of drug-likeness (QED) is 0.761. The van der Waals surface area contributed by atoms with Crippen LogP contribution in [0.15, 0.2) is 40.9 Å². The van der Waals surface area contributed by atoms with Gasteiger partial charge in [-0.25, -0.2) is 0 Å². The molecular weight excluding hydrogens is 378 g/mol. The van der Waals surface area contributed by atoms with E-state index < -0.39 is 0 Å². The number of nitrogens with zero attached hydrogens (tertiary/aromatic N) is 1. The van der Waals surface area contributed by atoms with Gasteiger partial charge in [-0.2, -0.15) is 0 Å². The Morgan fingerprint density at radius 1 is 1.09 bits per heavy atom. The molecule has 0 spiro atoms. The molecule has 1 heterocycles. The largest absolute Gasteiger partial charge is 0.493 e. The normalized spacial score (nSPS) is 17.1. The molecule has 2 aromatic rings. The summed E-state index contributed by atoms with van der Waals surface area (Å²) in [7, 11) is 5.51. The van der Waals surface area contributed by atoms with Gasteiger partial charge in [-0.3, -0.25) is 0 Å². The lowest BCUT2D eigenvalue weighted by atomic mass is 9.85. The minimum Gasteiger partial charge on any atom is -0.493 e. The lowest BCUT2D eigenvalue weighted by Crippen LogP contribution is -2.31. The summed E-state index contributed by atoms with van der Waals surface area (Å²) in [6, 6.07) is 12.7. The first-order chi connectivity index (χ1) is 10.6. The molecule has 3 rings (SSSR count). The van der Waals surface area contributed by atoms with Crippen molar-refractivity contribution in [2.75, 3.05) is 27.8 Å². The van der Waals surface area contributed by atoms with Gasteiger partial charge in [0, 0.05) is 23.5 Å². The summed E-state index contributed by atoms with van der Waals surface area (Å²) in [5.74, 6) is 1.89. The van der Waals surface area contributed by atoms with Crippen molar-refractivity contribution in [2.45, 2.75) is 12.5 Å². The van der Waals surface area contributed by atoms with Crippen LogP contribution >= 0.6 is 28.3 Å². The van der Waals surface area contributed by atoms with E-state index in [-0.39, 0.29) is 12.4 Å². The first-order valence-corrected chi connectivity index (χ1v) is 8.11. The van der Waals surface area contributed by atoms with Crippen LogP contribution in [0.25, 0.3) is 0 Å². The van der Waals surface area contributed by atoms with E-state index in [0.717, 1.165) is 24.6 Å². The fourth-order valence-electron chi connectivity index (χ4n) is 3.17. The van der Waals surface area contributed by atoms with Gasteiger partial charge in [0.05, 0.1) is 14.2 Å². The maximum Gasteiger partial charge on any atom is 0.161 e. The van der Waals surface area contributed by atoms with Gasteiger partial charge < -0.3 is 14.4 Å². The summed E-state index contributed by atoms with van der Waals surface area (Å²) in [6.45, 7) is 1.97. The Hall–Kier alpha value is -1.23.